The summed E-state index contributed by atoms with van der Waals surface area (Å²) in [6.07, 6.45) is 4.87. The predicted octanol–water partition coefficient (Wildman–Crippen LogP) is 5.58. The SMILES string of the molecule is CCn1c(O)c(N=Nc2ncnc3sc4c(c23)CCC4)c2cc(C)ccc21. The highest BCUT2D eigenvalue weighted by molar-refractivity contribution is 7.19. The van der Waals surface area contributed by atoms with Crippen molar-refractivity contribution in [3.8, 4) is 5.88 Å². The van der Waals surface area contributed by atoms with Crippen LogP contribution < -0.4 is 0 Å². The van der Waals surface area contributed by atoms with Gasteiger partial charge in [-0.15, -0.1) is 21.6 Å². The van der Waals surface area contributed by atoms with Crippen molar-refractivity contribution in [3.05, 3.63) is 40.5 Å². The Bertz CT molecular complexity index is 1220. The second-order valence-corrected chi connectivity index (χ2v) is 7.96. The van der Waals surface area contributed by atoms with E-state index in [9.17, 15) is 5.11 Å². The van der Waals surface area contributed by atoms with Crippen LogP contribution in [0, 0.1) is 6.92 Å². The average molecular weight is 377 g/mol. The zero-order valence-electron chi connectivity index (χ0n) is 15.2. The van der Waals surface area contributed by atoms with E-state index >= 15 is 0 Å². The van der Waals surface area contributed by atoms with E-state index in [2.05, 4.69) is 20.2 Å². The Kier molecular flexibility index (Phi) is 3.72. The monoisotopic (exact) mass is 377 g/mol. The summed E-state index contributed by atoms with van der Waals surface area (Å²) in [6.45, 7) is 4.70. The van der Waals surface area contributed by atoms with Crippen LogP contribution >= 0.6 is 11.3 Å². The highest BCUT2D eigenvalue weighted by atomic mass is 32.1. The van der Waals surface area contributed by atoms with E-state index in [0.29, 0.717) is 18.1 Å². The van der Waals surface area contributed by atoms with Gasteiger partial charge < -0.3 is 9.67 Å². The molecule has 0 saturated heterocycles. The third-order valence-electron chi connectivity index (χ3n) is 5.21. The van der Waals surface area contributed by atoms with Crippen LogP contribution in [0.5, 0.6) is 5.88 Å². The van der Waals surface area contributed by atoms with Crippen LogP contribution in [0.15, 0.2) is 34.8 Å². The minimum Gasteiger partial charge on any atom is -0.493 e. The van der Waals surface area contributed by atoms with Gasteiger partial charge in [-0.2, -0.15) is 0 Å². The van der Waals surface area contributed by atoms with Gasteiger partial charge in [-0.3, -0.25) is 0 Å². The molecule has 1 aromatic carbocycles. The number of aryl methyl sites for hydroxylation is 4. The maximum atomic E-state index is 10.7. The van der Waals surface area contributed by atoms with Crippen molar-refractivity contribution in [1.29, 1.82) is 0 Å². The molecule has 6 nitrogen and oxygen atoms in total. The van der Waals surface area contributed by atoms with E-state index in [4.69, 9.17) is 0 Å². The molecule has 0 radical (unpaired) electrons. The molecule has 0 saturated carbocycles. The van der Waals surface area contributed by atoms with Crippen LogP contribution in [0.25, 0.3) is 21.1 Å². The first-order valence-electron chi connectivity index (χ1n) is 9.16. The Balaban J connectivity index is 1.68. The van der Waals surface area contributed by atoms with E-state index in [1.165, 1.54) is 16.9 Å². The Morgan fingerprint density at radius 2 is 2.11 bits per heavy atom. The maximum Gasteiger partial charge on any atom is 0.220 e. The number of aromatic nitrogens is 3. The van der Waals surface area contributed by atoms with Gasteiger partial charge in [0.2, 0.25) is 5.88 Å². The van der Waals surface area contributed by atoms with Gasteiger partial charge in [-0.1, -0.05) is 11.6 Å². The van der Waals surface area contributed by atoms with E-state index in [0.717, 1.165) is 39.5 Å². The lowest BCUT2D eigenvalue weighted by atomic mass is 10.1. The summed E-state index contributed by atoms with van der Waals surface area (Å²) in [6, 6.07) is 6.09. The summed E-state index contributed by atoms with van der Waals surface area (Å²) in [5.74, 6) is 0.728. The second kappa shape index (κ2) is 6.13. The quantitative estimate of drug-likeness (QED) is 0.473. The Morgan fingerprint density at radius 1 is 1.22 bits per heavy atom. The third kappa shape index (κ3) is 2.45. The fraction of sp³-hybridized carbons (Fsp3) is 0.300. The van der Waals surface area contributed by atoms with Crippen LogP contribution in [-0.4, -0.2) is 19.6 Å². The first-order chi connectivity index (χ1) is 13.2. The van der Waals surface area contributed by atoms with Crippen molar-refractivity contribution in [2.45, 2.75) is 39.7 Å². The molecule has 136 valence electrons. The molecule has 4 aromatic rings. The number of aromatic hydroxyl groups is 1. The fourth-order valence-electron chi connectivity index (χ4n) is 3.94. The number of benzene rings is 1. The van der Waals surface area contributed by atoms with Crippen molar-refractivity contribution in [3.63, 3.8) is 0 Å². The molecule has 0 aliphatic heterocycles. The molecule has 0 amide bonds. The van der Waals surface area contributed by atoms with Gasteiger partial charge in [0.05, 0.1) is 10.9 Å². The number of hydrogen-bond donors (Lipinski definition) is 1. The number of azo groups is 1. The average Bonchev–Trinajstić information content (AvgIpc) is 3.31. The van der Waals surface area contributed by atoms with Crippen molar-refractivity contribution in [1.82, 2.24) is 14.5 Å². The van der Waals surface area contributed by atoms with Gasteiger partial charge in [-0.25, -0.2) is 9.97 Å². The van der Waals surface area contributed by atoms with Crippen LogP contribution in [0.1, 0.15) is 29.3 Å². The number of thiophene rings is 1. The lowest BCUT2D eigenvalue weighted by Gasteiger charge is -2.01. The van der Waals surface area contributed by atoms with Gasteiger partial charge in [-0.05, 0) is 50.8 Å². The van der Waals surface area contributed by atoms with Gasteiger partial charge in [0, 0.05) is 16.8 Å². The fourth-order valence-corrected chi connectivity index (χ4v) is 5.16. The minimum atomic E-state index is 0.141. The standard InChI is InChI=1S/C20H19N5OS/c1-3-25-14-8-7-11(2)9-13(14)17(20(25)26)23-24-18-16-12-5-4-6-15(12)27-19(16)22-10-21-18/h7-10,26H,3-6H2,1-2H3. The normalized spacial score (nSPS) is 14.0. The van der Waals surface area contributed by atoms with Crippen molar-refractivity contribution in [2.75, 3.05) is 0 Å². The lowest BCUT2D eigenvalue weighted by Crippen LogP contribution is -1.91. The molecule has 27 heavy (non-hydrogen) atoms. The van der Waals surface area contributed by atoms with Crippen LogP contribution in [0.4, 0.5) is 11.5 Å². The van der Waals surface area contributed by atoms with Gasteiger partial charge in [0.15, 0.2) is 11.5 Å². The molecule has 0 bridgehead atoms. The molecule has 1 N–H and O–H groups in total. The summed E-state index contributed by atoms with van der Waals surface area (Å²) >= 11 is 1.73. The zero-order chi connectivity index (χ0) is 18.5. The Hall–Kier alpha value is -2.80. The smallest absolute Gasteiger partial charge is 0.220 e. The number of fused-ring (bicyclic) bond motifs is 4. The summed E-state index contributed by atoms with van der Waals surface area (Å²) in [7, 11) is 0. The molecular formula is C20H19N5OS. The Morgan fingerprint density at radius 3 is 2.96 bits per heavy atom. The molecule has 3 aromatic heterocycles. The molecule has 3 heterocycles. The molecule has 0 fully saturated rings. The summed E-state index contributed by atoms with van der Waals surface area (Å²) in [5, 5.41) is 21.5. The van der Waals surface area contributed by atoms with E-state index in [1.807, 2.05) is 36.6 Å². The van der Waals surface area contributed by atoms with E-state index in [-0.39, 0.29) is 5.88 Å². The largest absolute Gasteiger partial charge is 0.493 e. The molecule has 0 spiro atoms. The number of hydrogen-bond acceptors (Lipinski definition) is 6. The van der Waals surface area contributed by atoms with E-state index in [1.54, 1.807) is 17.7 Å². The molecule has 5 rings (SSSR count). The summed E-state index contributed by atoms with van der Waals surface area (Å²) in [4.78, 5) is 11.1. The van der Waals surface area contributed by atoms with Crippen molar-refractivity contribution in [2.24, 2.45) is 10.2 Å². The van der Waals surface area contributed by atoms with Crippen molar-refractivity contribution < 1.29 is 5.11 Å². The van der Waals surface area contributed by atoms with Gasteiger partial charge >= 0.3 is 0 Å². The van der Waals surface area contributed by atoms with E-state index < -0.39 is 0 Å². The first-order valence-corrected chi connectivity index (χ1v) is 9.97. The highest BCUT2D eigenvalue weighted by Crippen LogP contribution is 2.42. The van der Waals surface area contributed by atoms with Gasteiger partial charge in [0.1, 0.15) is 11.2 Å². The van der Waals surface area contributed by atoms with Crippen LogP contribution in [0.3, 0.4) is 0 Å². The third-order valence-corrected chi connectivity index (χ3v) is 6.41. The first kappa shape index (κ1) is 16.4. The van der Waals surface area contributed by atoms with Gasteiger partial charge in [0.25, 0.3) is 0 Å². The summed E-state index contributed by atoms with van der Waals surface area (Å²) < 4.78 is 1.85. The minimum absolute atomic E-state index is 0.141. The number of nitrogens with zero attached hydrogens (tertiary/aromatic N) is 5. The predicted molar refractivity (Wildman–Crippen MR) is 108 cm³/mol. The zero-order valence-corrected chi connectivity index (χ0v) is 16.0. The molecular weight excluding hydrogens is 358 g/mol. The van der Waals surface area contributed by atoms with Crippen molar-refractivity contribution >= 4 is 44.0 Å². The second-order valence-electron chi connectivity index (χ2n) is 6.87. The lowest BCUT2D eigenvalue weighted by molar-refractivity contribution is 0.427. The molecule has 7 heteroatoms. The Labute approximate surface area is 160 Å². The summed E-state index contributed by atoms with van der Waals surface area (Å²) in [5.41, 5.74) is 3.89. The maximum absolute atomic E-state index is 10.7. The van der Waals surface area contributed by atoms with Crippen LogP contribution in [0.2, 0.25) is 0 Å². The number of rotatable bonds is 3. The van der Waals surface area contributed by atoms with Crippen LogP contribution in [-0.2, 0) is 19.4 Å². The molecule has 1 aliphatic carbocycles. The molecule has 1 aliphatic rings. The molecule has 0 unspecified atom stereocenters. The highest BCUT2D eigenvalue weighted by Gasteiger charge is 2.21. The topological polar surface area (TPSA) is 75.7 Å². The molecule has 0 atom stereocenters.